The first-order valence-corrected chi connectivity index (χ1v) is 7.35. The lowest BCUT2D eigenvalue weighted by atomic mass is 9.75. The SMILES string of the molecule is CN(C(=O)c1ccnc(CN)c1)C1CCC(C)(C)CC1.Cl. The number of amides is 1. The zero-order valence-corrected chi connectivity index (χ0v) is 13.9. The van der Waals surface area contributed by atoms with Gasteiger partial charge in [0, 0.05) is 31.4 Å². The largest absolute Gasteiger partial charge is 0.339 e. The van der Waals surface area contributed by atoms with Gasteiger partial charge in [-0.15, -0.1) is 12.4 Å². The fourth-order valence-electron chi connectivity index (χ4n) is 2.86. The first-order chi connectivity index (χ1) is 9.43. The van der Waals surface area contributed by atoms with Crippen molar-refractivity contribution in [2.24, 2.45) is 11.1 Å². The van der Waals surface area contributed by atoms with Crippen LogP contribution in [-0.4, -0.2) is 28.9 Å². The van der Waals surface area contributed by atoms with E-state index in [0.29, 0.717) is 23.6 Å². The highest BCUT2D eigenvalue weighted by Crippen LogP contribution is 2.36. The predicted octanol–water partition coefficient (Wildman–Crippen LogP) is 3.00. The number of halogens is 1. The number of nitrogens with two attached hydrogens (primary N) is 1. The molecule has 1 amide bonds. The fraction of sp³-hybridized carbons (Fsp3) is 0.625. The summed E-state index contributed by atoms with van der Waals surface area (Å²) >= 11 is 0. The predicted molar refractivity (Wildman–Crippen MR) is 87.5 cm³/mol. The van der Waals surface area contributed by atoms with Gasteiger partial charge >= 0.3 is 0 Å². The van der Waals surface area contributed by atoms with Crippen molar-refractivity contribution < 1.29 is 4.79 Å². The molecular weight excluding hydrogens is 286 g/mol. The minimum atomic E-state index is 0. The number of carbonyl (C=O) groups is 1. The topological polar surface area (TPSA) is 59.2 Å². The molecule has 0 aromatic carbocycles. The number of nitrogens with zero attached hydrogens (tertiary/aromatic N) is 2. The number of carbonyl (C=O) groups excluding carboxylic acids is 1. The average Bonchev–Trinajstić information content (AvgIpc) is 2.46. The third-order valence-electron chi connectivity index (χ3n) is 4.45. The second-order valence-electron chi connectivity index (χ2n) is 6.55. The molecule has 1 aromatic rings. The van der Waals surface area contributed by atoms with E-state index in [4.69, 9.17) is 5.73 Å². The van der Waals surface area contributed by atoms with Crippen molar-refractivity contribution in [1.29, 1.82) is 0 Å². The van der Waals surface area contributed by atoms with E-state index >= 15 is 0 Å². The monoisotopic (exact) mass is 311 g/mol. The van der Waals surface area contributed by atoms with Crippen molar-refractivity contribution in [1.82, 2.24) is 9.88 Å². The molecule has 0 radical (unpaired) electrons. The maximum Gasteiger partial charge on any atom is 0.253 e. The molecule has 0 aliphatic heterocycles. The van der Waals surface area contributed by atoms with Crippen LogP contribution in [0.5, 0.6) is 0 Å². The standard InChI is InChI=1S/C16H25N3O.ClH/c1-16(2)7-4-14(5-8-16)19(3)15(20)12-6-9-18-13(10-12)11-17;/h6,9-10,14H,4-5,7-8,11,17H2,1-3H3;1H. The molecule has 1 fully saturated rings. The van der Waals surface area contributed by atoms with Crippen LogP contribution in [0.1, 0.15) is 55.6 Å². The van der Waals surface area contributed by atoms with Crippen molar-refractivity contribution in [3.05, 3.63) is 29.6 Å². The normalized spacial score (nSPS) is 17.9. The second-order valence-corrected chi connectivity index (χ2v) is 6.55. The van der Waals surface area contributed by atoms with Gasteiger partial charge in [-0.2, -0.15) is 0 Å². The molecule has 2 rings (SSSR count). The molecule has 1 saturated carbocycles. The van der Waals surface area contributed by atoms with Crippen LogP contribution in [0.15, 0.2) is 18.3 Å². The van der Waals surface area contributed by atoms with Crippen molar-refractivity contribution in [2.45, 2.75) is 52.1 Å². The Kier molecular flexibility index (Phi) is 6.17. The minimum absolute atomic E-state index is 0. The van der Waals surface area contributed by atoms with Crippen LogP contribution in [0.4, 0.5) is 0 Å². The Balaban J connectivity index is 0.00000220. The highest BCUT2D eigenvalue weighted by Gasteiger charge is 2.30. The molecule has 1 heterocycles. The molecule has 0 atom stereocenters. The van der Waals surface area contributed by atoms with E-state index in [1.807, 2.05) is 11.9 Å². The summed E-state index contributed by atoms with van der Waals surface area (Å²) in [5, 5.41) is 0. The van der Waals surface area contributed by atoms with E-state index in [1.165, 1.54) is 12.8 Å². The lowest BCUT2D eigenvalue weighted by Gasteiger charge is -2.38. The molecule has 21 heavy (non-hydrogen) atoms. The maximum absolute atomic E-state index is 12.5. The Morgan fingerprint density at radius 2 is 2.05 bits per heavy atom. The summed E-state index contributed by atoms with van der Waals surface area (Å²) in [6.07, 6.45) is 6.20. The van der Waals surface area contributed by atoms with Crippen LogP contribution < -0.4 is 5.73 Å². The molecule has 0 spiro atoms. The van der Waals surface area contributed by atoms with E-state index in [1.54, 1.807) is 18.3 Å². The van der Waals surface area contributed by atoms with Crippen LogP contribution in [0.2, 0.25) is 0 Å². The zero-order chi connectivity index (χ0) is 14.8. The number of pyridine rings is 1. The van der Waals surface area contributed by atoms with Gasteiger partial charge in [0.2, 0.25) is 0 Å². The van der Waals surface area contributed by atoms with Gasteiger partial charge in [-0.1, -0.05) is 13.8 Å². The van der Waals surface area contributed by atoms with E-state index in [9.17, 15) is 4.79 Å². The first-order valence-electron chi connectivity index (χ1n) is 7.35. The number of rotatable bonds is 3. The van der Waals surface area contributed by atoms with Crippen LogP contribution in [0, 0.1) is 5.41 Å². The van der Waals surface area contributed by atoms with Gasteiger partial charge < -0.3 is 10.6 Å². The van der Waals surface area contributed by atoms with Gasteiger partial charge in [-0.25, -0.2) is 0 Å². The second kappa shape index (κ2) is 7.23. The van der Waals surface area contributed by atoms with E-state index in [-0.39, 0.29) is 18.3 Å². The summed E-state index contributed by atoms with van der Waals surface area (Å²) in [7, 11) is 1.91. The fourth-order valence-corrected chi connectivity index (χ4v) is 2.86. The third kappa shape index (κ3) is 4.42. The quantitative estimate of drug-likeness (QED) is 0.933. The molecule has 0 bridgehead atoms. The van der Waals surface area contributed by atoms with Crippen molar-refractivity contribution in [3.63, 3.8) is 0 Å². The van der Waals surface area contributed by atoms with Crippen LogP contribution in [0.3, 0.4) is 0 Å². The smallest absolute Gasteiger partial charge is 0.253 e. The molecule has 118 valence electrons. The van der Waals surface area contributed by atoms with Crippen LogP contribution in [-0.2, 0) is 6.54 Å². The summed E-state index contributed by atoms with van der Waals surface area (Å²) < 4.78 is 0. The highest BCUT2D eigenvalue weighted by atomic mass is 35.5. The average molecular weight is 312 g/mol. The summed E-state index contributed by atoms with van der Waals surface area (Å²) in [5.74, 6) is 0.0757. The van der Waals surface area contributed by atoms with Gasteiger partial charge in [0.05, 0.1) is 5.69 Å². The molecule has 1 aliphatic rings. The van der Waals surface area contributed by atoms with Crippen molar-refractivity contribution >= 4 is 18.3 Å². The molecule has 1 aliphatic carbocycles. The lowest BCUT2D eigenvalue weighted by Crippen LogP contribution is -2.40. The van der Waals surface area contributed by atoms with Crippen molar-refractivity contribution in [3.8, 4) is 0 Å². The van der Waals surface area contributed by atoms with Gasteiger partial charge in [-0.3, -0.25) is 9.78 Å². The molecule has 1 aromatic heterocycles. The Bertz CT molecular complexity index is 480. The molecule has 5 heteroatoms. The highest BCUT2D eigenvalue weighted by molar-refractivity contribution is 5.94. The third-order valence-corrected chi connectivity index (χ3v) is 4.45. The van der Waals surface area contributed by atoms with Gasteiger partial charge in [0.1, 0.15) is 0 Å². The summed E-state index contributed by atoms with van der Waals surface area (Å²) in [4.78, 5) is 18.6. The van der Waals surface area contributed by atoms with E-state index in [2.05, 4.69) is 18.8 Å². The lowest BCUT2D eigenvalue weighted by molar-refractivity contribution is 0.0635. The first kappa shape index (κ1) is 17.9. The Hall–Kier alpha value is -1.13. The zero-order valence-electron chi connectivity index (χ0n) is 13.1. The maximum atomic E-state index is 12.5. The summed E-state index contributed by atoms with van der Waals surface area (Å²) in [6, 6.07) is 3.92. The summed E-state index contributed by atoms with van der Waals surface area (Å²) in [5.41, 5.74) is 7.45. The number of aromatic nitrogens is 1. The number of hydrogen-bond acceptors (Lipinski definition) is 3. The Morgan fingerprint density at radius 1 is 1.43 bits per heavy atom. The van der Waals surface area contributed by atoms with Crippen molar-refractivity contribution in [2.75, 3.05) is 7.05 Å². The van der Waals surface area contributed by atoms with E-state index < -0.39 is 0 Å². The van der Waals surface area contributed by atoms with E-state index in [0.717, 1.165) is 18.5 Å². The molecule has 2 N–H and O–H groups in total. The minimum Gasteiger partial charge on any atom is -0.339 e. The summed E-state index contributed by atoms with van der Waals surface area (Å²) in [6.45, 7) is 4.98. The molecule has 4 nitrogen and oxygen atoms in total. The van der Waals surface area contributed by atoms with Gasteiger partial charge in [-0.05, 0) is 43.2 Å². The van der Waals surface area contributed by atoms with Crippen LogP contribution >= 0.6 is 12.4 Å². The Morgan fingerprint density at radius 3 is 2.62 bits per heavy atom. The molecular formula is C16H26ClN3O. The number of hydrogen-bond donors (Lipinski definition) is 1. The molecule has 0 unspecified atom stereocenters. The van der Waals surface area contributed by atoms with Gasteiger partial charge in [0.25, 0.3) is 5.91 Å². The van der Waals surface area contributed by atoms with Gasteiger partial charge in [0.15, 0.2) is 0 Å². The van der Waals surface area contributed by atoms with Crippen LogP contribution in [0.25, 0.3) is 0 Å². The Labute approximate surface area is 133 Å². The molecule has 0 saturated heterocycles.